The van der Waals surface area contributed by atoms with Gasteiger partial charge < -0.3 is 5.32 Å². The van der Waals surface area contributed by atoms with Gasteiger partial charge in [-0.25, -0.2) is 0 Å². The second kappa shape index (κ2) is 7.08. The smallest absolute Gasteiger partial charge is 0.0244 e. The number of nitrogens with one attached hydrogen (secondary N) is 1. The van der Waals surface area contributed by atoms with Crippen LogP contribution in [0.2, 0.25) is 0 Å². The normalized spacial score (nSPS) is 27.8. The lowest BCUT2D eigenvalue weighted by atomic mass is 9.83. The fourth-order valence-electron chi connectivity index (χ4n) is 3.29. The largest absolute Gasteiger partial charge is 0.311 e. The van der Waals surface area contributed by atoms with Gasteiger partial charge in [0, 0.05) is 31.2 Å². The van der Waals surface area contributed by atoms with E-state index in [1.54, 1.807) is 0 Å². The predicted molar refractivity (Wildman–Crippen MR) is 85.6 cm³/mol. The van der Waals surface area contributed by atoms with Crippen LogP contribution in [0.5, 0.6) is 0 Å². The van der Waals surface area contributed by atoms with E-state index in [2.05, 4.69) is 58.7 Å². The minimum atomic E-state index is 0.354. The lowest BCUT2D eigenvalue weighted by Crippen LogP contribution is -2.62. The van der Waals surface area contributed by atoms with E-state index in [9.17, 15) is 0 Å². The average molecular weight is 268 g/mol. The molecule has 1 aliphatic rings. The fraction of sp³-hybridized carbons (Fsp3) is 1.00. The standard InChI is InChI=1S/C17H36N2/c1-8-9-14(4)19-12-16(17(5,6)7)18-11-15(19)10-13(2)3/h13-16,18H,8-12H2,1-7H3. The Hall–Kier alpha value is -0.0800. The summed E-state index contributed by atoms with van der Waals surface area (Å²) in [6, 6.07) is 2.07. The number of rotatable bonds is 5. The lowest BCUT2D eigenvalue weighted by Gasteiger charge is -2.48. The Morgan fingerprint density at radius 2 is 1.84 bits per heavy atom. The van der Waals surface area contributed by atoms with Crippen molar-refractivity contribution in [3.63, 3.8) is 0 Å². The van der Waals surface area contributed by atoms with E-state index in [1.165, 1.54) is 25.8 Å². The molecule has 1 saturated heterocycles. The monoisotopic (exact) mass is 268 g/mol. The minimum absolute atomic E-state index is 0.354. The highest BCUT2D eigenvalue weighted by Crippen LogP contribution is 2.27. The van der Waals surface area contributed by atoms with E-state index >= 15 is 0 Å². The van der Waals surface area contributed by atoms with Gasteiger partial charge in [0.1, 0.15) is 0 Å². The van der Waals surface area contributed by atoms with Crippen LogP contribution in [0, 0.1) is 11.3 Å². The number of piperazine rings is 1. The zero-order valence-corrected chi connectivity index (χ0v) is 14.3. The van der Waals surface area contributed by atoms with Crippen molar-refractivity contribution in [3.05, 3.63) is 0 Å². The predicted octanol–water partition coefficient (Wildman–Crippen LogP) is 3.91. The summed E-state index contributed by atoms with van der Waals surface area (Å²) in [4.78, 5) is 2.79. The van der Waals surface area contributed by atoms with E-state index in [0.717, 1.165) is 24.5 Å². The Balaban J connectivity index is 2.74. The van der Waals surface area contributed by atoms with Gasteiger partial charge in [0.25, 0.3) is 0 Å². The highest BCUT2D eigenvalue weighted by Gasteiger charge is 2.35. The number of hydrogen-bond acceptors (Lipinski definition) is 2. The molecular weight excluding hydrogens is 232 g/mol. The molecule has 0 spiro atoms. The van der Waals surface area contributed by atoms with Crippen molar-refractivity contribution in [2.24, 2.45) is 11.3 Å². The van der Waals surface area contributed by atoms with Crippen molar-refractivity contribution in [1.82, 2.24) is 10.2 Å². The highest BCUT2D eigenvalue weighted by molar-refractivity contribution is 4.93. The number of nitrogens with zero attached hydrogens (tertiary/aromatic N) is 1. The first kappa shape index (κ1) is 17.0. The van der Waals surface area contributed by atoms with Crippen molar-refractivity contribution in [3.8, 4) is 0 Å². The molecule has 0 amide bonds. The fourth-order valence-corrected chi connectivity index (χ4v) is 3.29. The first-order valence-corrected chi connectivity index (χ1v) is 8.24. The molecule has 0 saturated carbocycles. The summed E-state index contributed by atoms with van der Waals surface area (Å²) >= 11 is 0. The summed E-state index contributed by atoms with van der Waals surface area (Å²) in [5, 5.41) is 3.80. The zero-order chi connectivity index (χ0) is 14.6. The maximum atomic E-state index is 3.80. The quantitative estimate of drug-likeness (QED) is 0.813. The van der Waals surface area contributed by atoms with Crippen LogP contribution in [-0.4, -0.2) is 36.1 Å². The summed E-state index contributed by atoms with van der Waals surface area (Å²) in [6.45, 7) is 18.9. The Kier molecular flexibility index (Phi) is 6.32. The van der Waals surface area contributed by atoms with Gasteiger partial charge >= 0.3 is 0 Å². The second-order valence-corrected chi connectivity index (χ2v) is 7.94. The summed E-state index contributed by atoms with van der Waals surface area (Å²) in [6.07, 6.45) is 3.93. The third-order valence-corrected chi connectivity index (χ3v) is 4.52. The molecule has 0 aliphatic carbocycles. The highest BCUT2D eigenvalue weighted by atomic mass is 15.3. The summed E-state index contributed by atoms with van der Waals surface area (Å²) < 4.78 is 0. The van der Waals surface area contributed by atoms with E-state index in [4.69, 9.17) is 0 Å². The third kappa shape index (κ3) is 5.07. The van der Waals surface area contributed by atoms with E-state index < -0.39 is 0 Å². The van der Waals surface area contributed by atoms with Crippen molar-refractivity contribution >= 4 is 0 Å². The molecule has 3 unspecified atom stereocenters. The van der Waals surface area contributed by atoms with Gasteiger partial charge in [-0.05, 0) is 31.1 Å². The van der Waals surface area contributed by atoms with Crippen LogP contribution in [0.15, 0.2) is 0 Å². The van der Waals surface area contributed by atoms with Crippen molar-refractivity contribution in [1.29, 1.82) is 0 Å². The van der Waals surface area contributed by atoms with Crippen molar-refractivity contribution in [2.45, 2.75) is 85.9 Å². The molecule has 1 N–H and O–H groups in total. The summed E-state index contributed by atoms with van der Waals surface area (Å²) in [5.41, 5.74) is 0.354. The zero-order valence-electron chi connectivity index (χ0n) is 14.3. The topological polar surface area (TPSA) is 15.3 Å². The van der Waals surface area contributed by atoms with Crippen LogP contribution in [0.1, 0.15) is 67.7 Å². The third-order valence-electron chi connectivity index (χ3n) is 4.52. The van der Waals surface area contributed by atoms with Gasteiger partial charge in [0.15, 0.2) is 0 Å². The van der Waals surface area contributed by atoms with Gasteiger partial charge in [-0.1, -0.05) is 48.0 Å². The van der Waals surface area contributed by atoms with E-state index in [1.807, 2.05) is 0 Å². The molecule has 0 bridgehead atoms. The Labute approximate surface area is 121 Å². The summed E-state index contributed by atoms with van der Waals surface area (Å²) in [5.74, 6) is 0.786. The molecule has 114 valence electrons. The molecule has 0 radical (unpaired) electrons. The molecule has 0 aromatic rings. The molecule has 3 atom stereocenters. The molecule has 0 aromatic carbocycles. The van der Waals surface area contributed by atoms with Gasteiger partial charge in [-0.3, -0.25) is 4.90 Å². The van der Waals surface area contributed by atoms with Crippen molar-refractivity contribution in [2.75, 3.05) is 13.1 Å². The van der Waals surface area contributed by atoms with Gasteiger partial charge in [-0.15, -0.1) is 0 Å². The van der Waals surface area contributed by atoms with Crippen LogP contribution in [0.25, 0.3) is 0 Å². The van der Waals surface area contributed by atoms with Crippen LogP contribution in [0.4, 0.5) is 0 Å². The van der Waals surface area contributed by atoms with Crippen LogP contribution >= 0.6 is 0 Å². The first-order valence-electron chi connectivity index (χ1n) is 8.24. The molecule has 1 rings (SSSR count). The van der Waals surface area contributed by atoms with Gasteiger partial charge in [0.05, 0.1) is 0 Å². The molecule has 0 aromatic heterocycles. The Bertz CT molecular complexity index is 254. The van der Waals surface area contributed by atoms with Crippen LogP contribution in [-0.2, 0) is 0 Å². The molecule has 1 heterocycles. The van der Waals surface area contributed by atoms with Crippen molar-refractivity contribution < 1.29 is 0 Å². The van der Waals surface area contributed by atoms with Crippen LogP contribution in [0.3, 0.4) is 0 Å². The Morgan fingerprint density at radius 3 is 2.32 bits per heavy atom. The Morgan fingerprint density at radius 1 is 1.21 bits per heavy atom. The van der Waals surface area contributed by atoms with Crippen LogP contribution < -0.4 is 5.32 Å². The minimum Gasteiger partial charge on any atom is -0.311 e. The molecule has 1 fully saturated rings. The molecule has 19 heavy (non-hydrogen) atoms. The van der Waals surface area contributed by atoms with Gasteiger partial charge in [0.2, 0.25) is 0 Å². The molecular formula is C17H36N2. The van der Waals surface area contributed by atoms with Gasteiger partial charge in [-0.2, -0.15) is 0 Å². The molecule has 2 heteroatoms. The molecule has 2 nitrogen and oxygen atoms in total. The summed E-state index contributed by atoms with van der Waals surface area (Å²) in [7, 11) is 0. The molecule has 1 aliphatic heterocycles. The maximum Gasteiger partial charge on any atom is 0.0244 e. The average Bonchev–Trinajstić information content (AvgIpc) is 2.27. The SMILES string of the molecule is CCCC(C)N1CC(C(C)(C)C)NCC1CC(C)C. The number of hydrogen-bond donors (Lipinski definition) is 1. The lowest BCUT2D eigenvalue weighted by molar-refractivity contribution is 0.0428. The maximum absolute atomic E-state index is 3.80. The van der Waals surface area contributed by atoms with E-state index in [-0.39, 0.29) is 0 Å². The second-order valence-electron chi connectivity index (χ2n) is 7.94. The first-order chi connectivity index (χ1) is 8.75. The van der Waals surface area contributed by atoms with E-state index in [0.29, 0.717) is 11.5 Å².